The van der Waals surface area contributed by atoms with Crippen molar-refractivity contribution in [2.75, 3.05) is 10.7 Å². The van der Waals surface area contributed by atoms with E-state index in [1.54, 1.807) is 0 Å². The number of aryl methyl sites for hydroxylation is 1. The summed E-state index contributed by atoms with van der Waals surface area (Å²) in [5.74, 6) is 5.82. The number of pyridine rings is 1. The Hall–Kier alpha value is -2.67. The zero-order chi connectivity index (χ0) is 13.8. The molecule has 0 amide bonds. The van der Waals surface area contributed by atoms with Crippen LogP contribution in [0.15, 0.2) is 36.4 Å². The molecule has 19 heavy (non-hydrogen) atoms. The molecule has 0 unspecified atom stereocenters. The van der Waals surface area contributed by atoms with Crippen LogP contribution < -0.4 is 16.6 Å². The van der Waals surface area contributed by atoms with Gasteiger partial charge in [-0.2, -0.15) is 0 Å². The van der Waals surface area contributed by atoms with Crippen LogP contribution in [0.4, 0.5) is 23.0 Å². The summed E-state index contributed by atoms with van der Waals surface area (Å²) in [4.78, 5) is 14.4. The first kappa shape index (κ1) is 12.8. The second-order valence-corrected chi connectivity index (χ2v) is 3.99. The quantitative estimate of drug-likeness (QED) is 0.442. The lowest BCUT2D eigenvalue weighted by atomic mass is 10.2. The van der Waals surface area contributed by atoms with E-state index < -0.39 is 4.92 Å². The van der Waals surface area contributed by atoms with E-state index in [0.717, 1.165) is 11.3 Å². The van der Waals surface area contributed by atoms with Crippen molar-refractivity contribution in [2.24, 2.45) is 5.84 Å². The number of benzene rings is 1. The molecule has 0 spiro atoms. The fraction of sp³-hybridized carbons (Fsp3) is 0.0833. The highest BCUT2D eigenvalue weighted by Gasteiger charge is 2.10. The maximum absolute atomic E-state index is 10.8. The van der Waals surface area contributed by atoms with Gasteiger partial charge in [-0.1, -0.05) is 17.7 Å². The van der Waals surface area contributed by atoms with Gasteiger partial charge in [-0.3, -0.25) is 10.1 Å². The maximum atomic E-state index is 10.8. The van der Waals surface area contributed by atoms with Crippen molar-refractivity contribution >= 4 is 23.0 Å². The fourth-order valence-corrected chi connectivity index (χ4v) is 1.54. The number of nitrogens with two attached hydrogens (primary N) is 1. The van der Waals surface area contributed by atoms with Crippen LogP contribution in [0.5, 0.6) is 0 Å². The number of aromatic nitrogens is 1. The average molecular weight is 259 g/mol. The van der Waals surface area contributed by atoms with Crippen molar-refractivity contribution in [2.45, 2.75) is 6.92 Å². The minimum Gasteiger partial charge on any atom is -0.340 e. The largest absolute Gasteiger partial charge is 0.340 e. The van der Waals surface area contributed by atoms with E-state index in [1.165, 1.54) is 12.1 Å². The average Bonchev–Trinajstić information content (AvgIpc) is 2.41. The van der Waals surface area contributed by atoms with E-state index in [9.17, 15) is 10.1 Å². The van der Waals surface area contributed by atoms with Crippen LogP contribution in [0.3, 0.4) is 0 Å². The molecule has 0 saturated carbocycles. The van der Waals surface area contributed by atoms with Gasteiger partial charge in [-0.15, -0.1) is 0 Å². The third-order valence-electron chi connectivity index (χ3n) is 2.49. The Morgan fingerprint density at radius 2 is 1.84 bits per heavy atom. The number of nitrogens with one attached hydrogen (secondary N) is 2. The third-order valence-corrected chi connectivity index (χ3v) is 2.49. The van der Waals surface area contributed by atoms with Gasteiger partial charge < -0.3 is 10.7 Å². The Morgan fingerprint density at radius 1 is 1.21 bits per heavy atom. The van der Waals surface area contributed by atoms with Crippen LogP contribution in [0, 0.1) is 17.0 Å². The lowest BCUT2D eigenvalue weighted by molar-refractivity contribution is -0.384. The predicted molar refractivity (Wildman–Crippen MR) is 73.2 cm³/mol. The van der Waals surface area contributed by atoms with Gasteiger partial charge in [0, 0.05) is 5.69 Å². The number of nitrogens with zero attached hydrogens (tertiary/aromatic N) is 2. The molecule has 0 aliphatic carbocycles. The Morgan fingerprint density at radius 3 is 2.42 bits per heavy atom. The molecular weight excluding hydrogens is 246 g/mol. The van der Waals surface area contributed by atoms with Gasteiger partial charge in [0.25, 0.3) is 5.69 Å². The smallest absolute Gasteiger partial charge is 0.276 e. The number of anilines is 3. The number of rotatable bonds is 4. The van der Waals surface area contributed by atoms with E-state index in [2.05, 4.69) is 15.7 Å². The van der Waals surface area contributed by atoms with Crippen molar-refractivity contribution in [3.05, 3.63) is 52.1 Å². The number of hydrogen-bond acceptors (Lipinski definition) is 6. The lowest BCUT2D eigenvalue weighted by Crippen LogP contribution is -2.10. The summed E-state index contributed by atoms with van der Waals surface area (Å²) in [5, 5.41) is 13.8. The van der Waals surface area contributed by atoms with Gasteiger partial charge in [0.2, 0.25) is 0 Å². The summed E-state index contributed by atoms with van der Waals surface area (Å²) < 4.78 is 0. The molecule has 4 N–H and O–H groups in total. The summed E-state index contributed by atoms with van der Waals surface area (Å²) >= 11 is 0. The number of nitro groups is 1. The molecule has 0 aliphatic rings. The number of nitrogen functional groups attached to an aromatic ring is 1. The van der Waals surface area contributed by atoms with Gasteiger partial charge in [-0.25, -0.2) is 10.8 Å². The van der Waals surface area contributed by atoms with E-state index in [4.69, 9.17) is 5.84 Å². The van der Waals surface area contributed by atoms with Crippen LogP contribution in [0.25, 0.3) is 0 Å². The van der Waals surface area contributed by atoms with Crippen LogP contribution in [0.2, 0.25) is 0 Å². The van der Waals surface area contributed by atoms with E-state index in [1.807, 2.05) is 31.2 Å². The molecule has 0 radical (unpaired) electrons. The molecular formula is C12H13N5O2. The molecule has 1 aromatic carbocycles. The monoisotopic (exact) mass is 259 g/mol. The van der Waals surface area contributed by atoms with Gasteiger partial charge in [0.15, 0.2) is 0 Å². The highest BCUT2D eigenvalue weighted by Crippen LogP contribution is 2.23. The molecule has 98 valence electrons. The molecule has 0 atom stereocenters. The zero-order valence-corrected chi connectivity index (χ0v) is 10.3. The van der Waals surface area contributed by atoms with Crippen LogP contribution in [0.1, 0.15) is 5.56 Å². The normalized spacial score (nSPS) is 10.0. The Kier molecular flexibility index (Phi) is 3.58. The van der Waals surface area contributed by atoms with E-state index in [0.29, 0.717) is 5.82 Å². The van der Waals surface area contributed by atoms with Crippen molar-refractivity contribution in [3.63, 3.8) is 0 Å². The summed E-state index contributed by atoms with van der Waals surface area (Å²) in [6.45, 7) is 1.98. The summed E-state index contributed by atoms with van der Waals surface area (Å²) in [6, 6.07) is 10.2. The third kappa shape index (κ3) is 3.17. The fourth-order valence-electron chi connectivity index (χ4n) is 1.54. The predicted octanol–water partition coefficient (Wildman–Crippen LogP) is 2.33. The van der Waals surface area contributed by atoms with Gasteiger partial charge >= 0.3 is 0 Å². The molecule has 0 saturated heterocycles. The molecule has 7 nitrogen and oxygen atoms in total. The second-order valence-electron chi connectivity index (χ2n) is 3.99. The highest BCUT2D eigenvalue weighted by atomic mass is 16.6. The molecule has 0 aliphatic heterocycles. The van der Waals surface area contributed by atoms with E-state index in [-0.39, 0.29) is 11.5 Å². The summed E-state index contributed by atoms with van der Waals surface area (Å²) in [7, 11) is 0. The molecule has 1 heterocycles. The Bertz CT molecular complexity index is 598. The number of hydrazine groups is 1. The zero-order valence-electron chi connectivity index (χ0n) is 10.3. The van der Waals surface area contributed by atoms with Gasteiger partial charge in [0.05, 0.1) is 17.1 Å². The molecule has 2 aromatic rings. The first-order chi connectivity index (χ1) is 9.08. The molecule has 0 bridgehead atoms. The maximum Gasteiger partial charge on any atom is 0.276 e. The van der Waals surface area contributed by atoms with Crippen molar-refractivity contribution in [1.82, 2.24) is 4.98 Å². The summed E-state index contributed by atoms with van der Waals surface area (Å²) in [6.07, 6.45) is 0. The number of hydrogen-bond donors (Lipinski definition) is 3. The lowest BCUT2D eigenvalue weighted by Gasteiger charge is -2.07. The standard InChI is InChI=1S/C12H13N5O2/c1-8-2-4-9(5-3-8)14-11-6-10(17(18)19)7-12(15-11)16-13/h2-7H,13H2,1H3,(H2,14,15,16). The molecule has 7 heteroatoms. The minimum absolute atomic E-state index is 0.0856. The van der Waals surface area contributed by atoms with E-state index >= 15 is 0 Å². The van der Waals surface area contributed by atoms with Crippen molar-refractivity contribution in [1.29, 1.82) is 0 Å². The van der Waals surface area contributed by atoms with Gasteiger partial charge in [-0.05, 0) is 19.1 Å². The summed E-state index contributed by atoms with van der Waals surface area (Å²) in [5.41, 5.74) is 4.14. The first-order valence-corrected chi connectivity index (χ1v) is 5.55. The van der Waals surface area contributed by atoms with Crippen LogP contribution in [-0.2, 0) is 0 Å². The van der Waals surface area contributed by atoms with Crippen LogP contribution in [-0.4, -0.2) is 9.91 Å². The second kappa shape index (κ2) is 5.32. The van der Waals surface area contributed by atoms with Crippen molar-refractivity contribution < 1.29 is 4.92 Å². The Balaban J connectivity index is 2.31. The molecule has 0 fully saturated rings. The van der Waals surface area contributed by atoms with Crippen LogP contribution >= 0.6 is 0 Å². The SMILES string of the molecule is Cc1ccc(Nc2cc([N+](=O)[O-])cc(NN)n2)cc1. The molecule has 2 rings (SSSR count). The van der Waals surface area contributed by atoms with Gasteiger partial charge in [0.1, 0.15) is 11.6 Å². The topological polar surface area (TPSA) is 106 Å². The molecule has 1 aromatic heterocycles. The first-order valence-electron chi connectivity index (χ1n) is 5.55. The highest BCUT2D eigenvalue weighted by molar-refractivity contribution is 5.62. The Labute approximate surface area is 109 Å². The minimum atomic E-state index is -0.497. The van der Waals surface area contributed by atoms with Crippen molar-refractivity contribution in [3.8, 4) is 0 Å².